The molecule has 0 aromatic carbocycles. The van der Waals surface area contributed by atoms with Crippen LogP contribution < -0.4 is 4.34 Å². The number of hydrogen-bond acceptors (Lipinski definition) is 2. The summed E-state index contributed by atoms with van der Waals surface area (Å²) >= 11 is 2.99. The number of nitrogens with one attached hydrogen (secondary N) is 1. The Morgan fingerprint density at radius 1 is 1.31 bits per heavy atom. The molecule has 1 aliphatic carbocycles. The fraction of sp³-hybridized carbons (Fsp3) is 0.750. The molecular formula is C8H12BrF2NO. The smallest absolute Gasteiger partial charge is 0.248 e. The van der Waals surface area contributed by atoms with Crippen LogP contribution in [0.4, 0.5) is 8.78 Å². The molecule has 5 heteroatoms. The molecule has 0 aromatic rings. The highest BCUT2D eigenvalue weighted by atomic mass is 79.9. The Labute approximate surface area is 84.4 Å². The molecule has 0 unspecified atom stereocenters. The molecule has 0 saturated heterocycles. The van der Waals surface area contributed by atoms with Crippen molar-refractivity contribution >= 4 is 16.1 Å². The molecule has 0 spiro atoms. The van der Waals surface area contributed by atoms with Crippen LogP contribution in [-0.2, 0) is 0 Å². The second kappa shape index (κ2) is 3.53. The third-order valence-corrected chi connectivity index (χ3v) is 3.33. The van der Waals surface area contributed by atoms with Gasteiger partial charge in [0.1, 0.15) is 5.76 Å². The highest BCUT2D eigenvalue weighted by Crippen LogP contribution is 2.41. The van der Waals surface area contributed by atoms with E-state index in [0.717, 1.165) is 0 Å². The molecule has 0 radical (unpaired) electrons. The number of halogens is 3. The lowest BCUT2D eigenvalue weighted by atomic mass is 9.80. The van der Waals surface area contributed by atoms with Crippen molar-refractivity contribution in [2.45, 2.75) is 37.1 Å². The first-order valence-electron chi connectivity index (χ1n) is 4.06. The van der Waals surface area contributed by atoms with Crippen molar-refractivity contribution in [1.82, 2.24) is 4.34 Å². The summed E-state index contributed by atoms with van der Waals surface area (Å²) in [4.78, 5) is 0. The summed E-state index contributed by atoms with van der Waals surface area (Å²) in [7, 11) is 0. The summed E-state index contributed by atoms with van der Waals surface area (Å²) in [5.74, 6) is -2.68. The van der Waals surface area contributed by atoms with Crippen LogP contribution in [0.5, 0.6) is 0 Å². The number of rotatable bonds is 2. The summed E-state index contributed by atoms with van der Waals surface area (Å²) in [6.45, 7) is 3.39. The SMILES string of the molecule is C=C(O)C1(NBr)CCC(F)(F)CC1. The predicted molar refractivity (Wildman–Crippen MR) is 50.0 cm³/mol. The standard InChI is InChI=1S/C8H12BrF2NO/c1-6(13)7(12-9)2-4-8(10,11)5-3-7/h12-13H,1-5H2. The van der Waals surface area contributed by atoms with Gasteiger partial charge in [0.15, 0.2) is 0 Å². The third kappa shape index (κ3) is 2.20. The molecule has 0 amide bonds. The fourth-order valence-electron chi connectivity index (χ4n) is 1.48. The Bertz CT molecular complexity index is 210. The van der Waals surface area contributed by atoms with E-state index in [1.165, 1.54) is 0 Å². The molecule has 76 valence electrons. The molecule has 13 heavy (non-hydrogen) atoms. The minimum atomic E-state index is -2.59. The topological polar surface area (TPSA) is 32.3 Å². The largest absolute Gasteiger partial charge is 0.511 e. The monoisotopic (exact) mass is 255 g/mol. The van der Waals surface area contributed by atoms with Crippen LogP contribution in [-0.4, -0.2) is 16.6 Å². The van der Waals surface area contributed by atoms with Gasteiger partial charge in [-0.15, -0.1) is 0 Å². The molecule has 1 fully saturated rings. The maximum absolute atomic E-state index is 12.8. The molecule has 2 nitrogen and oxygen atoms in total. The molecule has 0 aromatic heterocycles. The van der Waals surface area contributed by atoms with Gasteiger partial charge < -0.3 is 5.11 Å². The average Bonchev–Trinajstić information content (AvgIpc) is 2.05. The van der Waals surface area contributed by atoms with Gasteiger partial charge in [-0.3, -0.25) is 0 Å². The van der Waals surface area contributed by atoms with Crippen molar-refractivity contribution in [3.05, 3.63) is 12.3 Å². The Morgan fingerprint density at radius 3 is 2.08 bits per heavy atom. The van der Waals surface area contributed by atoms with E-state index in [4.69, 9.17) is 0 Å². The first-order chi connectivity index (χ1) is 5.92. The van der Waals surface area contributed by atoms with Gasteiger partial charge in [0.05, 0.1) is 5.54 Å². The minimum Gasteiger partial charge on any atom is -0.511 e. The highest BCUT2D eigenvalue weighted by Gasteiger charge is 2.44. The number of aliphatic hydroxyl groups is 1. The van der Waals surface area contributed by atoms with E-state index in [2.05, 4.69) is 27.1 Å². The van der Waals surface area contributed by atoms with Crippen LogP contribution in [0, 0.1) is 0 Å². The maximum Gasteiger partial charge on any atom is 0.248 e. The van der Waals surface area contributed by atoms with Crippen molar-refractivity contribution in [2.24, 2.45) is 0 Å². The van der Waals surface area contributed by atoms with Gasteiger partial charge in [0.25, 0.3) is 0 Å². The summed E-state index contributed by atoms with van der Waals surface area (Å²) < 4.78 is 28.3. The molecule has 0 heterocycles. The van der Waals surface area contributed by atoms with E-state index >= 15 is 0 Å². The zero-order chi connectivity index (χ0) is 10.1. The average molecular weight is 256 g/mol. The zero-order valence-corrected chi connectivity index (χ0v) is 8.70. The van der Waals surface area contributed by atoms with Crippen LogP contribution in [0.3, 0.4) is 0 Å². The minimum absolute atomic E-state index is 0.0834. The van der Waals surface area contributed by atoms with Crippen molar-refractivity contribution < 1.29 is 13.9 Å². The van der Waals surface area contributed by atoms with Gasteiger partial charge in [-0.2, -0.15) is 0 Å². The van der Waals surface area contributed by atoms with Crippen LogP contribution >= 0.6 is 16.1 Å². The van der Waals surface area contributed by atoms with Gasteiger partial charge in [-0.1, -0.05) is 6.58 Å². The van der Waals surface area contributed by atoms with E-state index < -0.39 is 11.5 Å². The van der Waals surface area contributed by atoms with Gasteiger partial charge in [-0.05, 0) is 12.8 Å². The quantitative estimate of drug-likeness (QED) is 0.588. The second-order valence-corrected chi connectivity index (χ2v) is 3.88. The van der Waals surface area contributed by atoms with E-state index in [1.807, 2.05) is 0 Å². The third-order valence-electron chi connectivity index (χ3n) is 2.57. The second-order valence-electron chi connectivity index (χ2n) is 3.48. The predicted octanol–water partition coefficient (Wildman–Crippen LogP) is 2.91. The molecule has 2 N–H and O–H groups in total. The Kier molecular flexibility index (Phi) is 2.97. The van der Waals surface area contributed by atoms with Crippen LogP contribution in [0.15, 0.2) is 12.3 Å². The summed E-state index contributed by atoms with van der Waals surface area (Å²) in [6, 6.07) is 0. The van der Waals surface area contributed by atoms with Crippen LogP contribution in [0.2, 0.25) is 0 Å². The number of alkyl halides is 2. The highest BCUT2D eigenvalue weighted by molar-refractivity contribution is 9.08. The number of aliphatic hydroxyl groups excluding tert-OH is 1. The lowest BCUT2D eigenvalue weighted by molar-refractivity contribution is -0.0515. The van der Waals surface area contributed by atoms with Gasteiger partial charge in [-0.25, -0.2) is 13.1 Å². The van der Waals surface area contributed by atoms with Crippen LogP contribution in [0.25, 0.3) is 0 Å². The summed E-state index contributed by atoms with van der Waals surface area (Å²) in [6.07, 6.45) is -0.0441. The molecule has 0 atom stereocenters. The molecular weight excluding hydrogens is 244 g/mol. The maximum atomic E-state index is 12.8. The lowest BCUT2D eigenvalue weighted by Gasteiger charge is -2.38. The zero-order valence-electron chi connectivity index (χ0n) is 7.12. The Hall–Kier alpha value is -0.160. The van der Waals surface area contributed by atoms with E-state index in [-0.39, 0.29) is 31.4 Å². The van der Waals surface area contributed by atoms with Crippen molar-refractivity contribution in [3.8, 4) is 0 Å². The molecule has 1 rings (SSSR count). The number of hydrogen-bond donors (Lipinski definition) is 2. The fourth-order valence-corrected chi connectivity index (χ4v) is 2.11. The normalized spacial score (nSPS) is 25.5. The molecule has 0 aliphatic heterocycles. The van der Waals surface area contributed by atoms with E-state index in [0.29, 0.717) is 0 Å². The Morgan fingerprint density at radius 2 is 1.77 bits per heavy atom. The Balaban J connectivity index is 2.69. The van der Waals surface area contributed by atoms with E-state index in [9.17, 15) is 13.9 Å². The van der Waals surface area contributed by atoms with Gasteiger partial charge >= 0.3 is 0 Å². The first-order valence-corrected chi connectivity index (χ1v) is 4.85. The summed E-state index contributed by atoms with van der Waals surface area (Å²) in [5.41, 5.74) is -0.776. The van der Waals surface area contributed by atoms with Gasteiger partial charge in [0.2, 0.25) is 5.92 Å². The molecule has 0 bridgehead atoms. The molecule has 1 aliphatic rings. The lowest BCUT2D eigenvalue weighted by Crippen LogP contribution is -2.47. The first kappa shape index (κ1) is 10.9. The molecule has 1 saturated carbocycles. The van der Waals surface area contributed by atoms with Crippen molar-refractivity contribution in [3.63, 3.8) is 0 Å². The van der Waals surface area contributed by atoms with E-state index in [1.54, 1.807) is 0 Å². The van der Waals surface area contributed by atoms with Gasteiger partial charge in [0, 0.05) is 29.0 Å². The van der Waals surface area contributed by atoms with Crippen molar-refractivity contribution in [2.75, 3.05) is 0 Å². The summed E-state index contributed by atoms with van der Waals surface area (Å²) in [5, 5.41) is 9.27. The van der Waals surface area contributed by atoms with Crippen LogP contribution in [0.1, 0.15) is 25.7 Å². The van der Waals surface area contributed by atoms with Crippen molar-refractivity contribution in [1.29, 1.82) is 0 Å².